The Morgan fingerprint density at radius 2 is 2.00 bits per heavy atom. The first kappa shape index (κ1) is 19.6. The lowest BCUT2D eigenvalue weighted by Gasteiger charge is -2.20. The van der Waals surface area contributed by atoms with E-state index in [9.17, 15) is 9.59 Å². The van der Waals surface area contributed by atoms with E-state index in [-0.39, 0.29) is 18.2 Å². The number of nitrogens with zero attached hydrogens (tertiary/aromatic N) is 2. The van der Waals surface area contributed by atoms with Crippen molar-refractivity contribution in [3.05, 3.63) is 29.8 Å². The van der Waals surface area contributed by atoms with Gasteiger partial charge in [-0.15, -0.1) is 5.10 Å². The van der Waals surface area contributed by atoms with Gasteiger partial charge in [-0.25, -0.2) is 0 Å². The Balaban J connectivity index is 1.55. The summed E-state index contributed by atoms with van der Waals surface area (Å²) < 4.78 is 0. The second kappa shape index (κ2) is 9.17. The highest BCUT2D eigenvalue weighted by molar-refractivity contribution is 8.15. The summed E-state index contributed by atoms with van der Waals surface area (Å²) in [4.78, 5) is 24.4. The van der Waals surface area contributed by atoms with Crippen molar-refractivity contribution >= 4 is 40.1 Å². The minimum absolute atomic E-state index is 0.106. The maximum Gasteiger partial charge on any atom is 0.240 e. The van der Waals surface area contributed by atoms with Gasteiger partial charge in [0.25, 0.3) is 0 Å². The molecule has 2 N–H and O–H groups in total. The van der Waals surface area contributed by atoms with Crippen LogP contribution < -0.4 is 10.6 Å². The molecule has 0 spiro atoms. The Morgan fingerprint density at radius 1 is 1.26 bits per heavy atom. The van der Waals surface area contributed by atoms with E-state index in [0.717, 1.165) is 17.0 Å². The number of benzene rings is 1. The molecule has 2 fully saturated rings. The van der Waals surface area contributed by atoms with E-state index in [2.05, 4.69) is 20.8 Å². The van der Waals surface area contributed by atoms with E-state index in [1.54, 1.807) is 0 Å². The van der Waals surface area contributed by atoms with Crippen LogP contribution in [-0.2, 0) is 9.59 Å². The monoisotopic (exact) mass is 386 g/mol. The summed E-state index contributed by atoms with van der Waals surface area (Å²) >= 11 is 1.27. The van der Waals surface area contributed by atoms with Crippen molar-refractivity contribution in [3.8, 4) is 0 Å². The number of aryl methyl sites for hydroxylation is 1. The molecule has 1 aromatic rings. The number of nitrogens with one attached hydrogen (secondary N) is 2. The van der Waals surface area contributed by atoms with E-state index < -0.39 is 5.25 Å². The minimum Gasteiger partial charge on any atom is -0.326 e. The van der Waals surface area contributed by atoms with Crippen molar-refractivity contribution in [2.75, 3.05) is 5.32 Å². The first-order valence-electron chi connectivity index (χ1n) is 9.48. The molecule has 3 rings (SSSR count). The Bertz CT molecular complexity index is 769. The van der Waals surface area contributed by atoms with E-state index in [1.807, 2.05) is 38.1 Å². The first-order valence-corrected chi connectivity index (χ1v) is 10.4. The fraction of sp³-hybridized carbons (Fsp3) is 0.500. The van der Waals surface area contributed by atoms with E-state index in [4.69, 9.17) is 0 Å². The molecule has 2 aliphatic rings. The Hall–Kier alpha value is -2.15. The topological polar surface area (TPSA) is 82.9 Å². The van der Waals surface area contributed by atoms with Gasteiger partial charge in [-0.05, 0) is 44.2 Å². The summed E-state index contributed by atoms with van der Waals surface area (Å²) in [5.41, 5.74) is 2.79. The Morgan fingerprint density at radius 3 is 2.74 bits per heavy atom. The third kappa shape index (κ3) is 5.42. The van der Waals surface area contributed by atoms with Crippen LogP contribution in [0.1, 0.15) is 51.0 Å². The fourth-order valence-corrected chi connectivity index (χ4v) is 4.31. The van der Waals surface area contributed by atoms with E-state index in [1.165, 1.54) is 43.9 Å². The number of carbonyl (C=O) groups is 2. The van der Waals surface area contributed by atoms with Gasteiger partial charge in [0.15, 0.2) is 5.17 Å². The maximum absolute atomic E-state index is 12.3. The normalized spacial score (nSPS) is 22.7. The average molecular weight is 387 g/mol. The van der Waals surface area contributed by atoms with Crippen LogP contribution in [0.15, 0.2) is 34.5 Å². The smallest absolute Gasteiger partial charge is 0.240 e. The highest BCUT2D eigenvalue weighted by atomic mass is 32.2. The molecule has 27 heavy (non-hydrogen) atoms. The number of thioether (sulfide) groups is 1. The van der Waals surface area contributed by atoms with Crippen LogP contribution in [0.2, 0.25) is 0 Å². The fourth-order valence-electron chi connectivity index (χ4n) is 3.40. The standard InChI is InChI=1S/C20H26N4O2S/c1-13-8-6-7-11-16(13)21-18(25)12-17-19(26)22-20(27-17)24-23-14(2)15-9-4-3-5-10-15/h6-8,11,15,17H,3-5,9-10,12H2,1-2H3,(H,21,25)(H,22,24,26). The summed E-state index contributed by atoms with van der Waals surface area (Å²) in [5.74, 6) is 0.130. The van der Waals surface area contributed by atoms with Gasteiger partial charge in [0.2, 0.25) is 11.8 Å². The number of hydrogen-bond donors (Lipinski definition) is 2. The predicted molar refractivity (Wildman–Crippen MR) is 111 cm³/mol. The summed E-state index contributed by atoms with van der Waals surface area (Å²) in [6, 6.07) is 7.58. The van der Waals surface area contributed by atoms with Gasteiger partial charge in [-0.1, -0.05) is 49.2 Å². The second-order valence-corrected chi connectivity index (χ2v) is 8.34. The maximum atomic E-state index is 12.3. The number of anilines is 1. The van der Waals surface area contributed by atoms with Crippen LogP contribution in [-0.4, -0.2) is 27.9 Å². The summed E-state index contributed by atoms with van der Waals surface area (Å²) in [5, 5.41) is 14.1. The van der Waals surface area contributed by atoms with Gasteiger partial charge in [0.1, 0.15) is 5.25 Å². The Labute approximate surface area is 164 Å². The lowest BCUT2D eigenvalue weighted by atomic mass is 9.86. The van der Waals surface area contributed by atoms with Gasteiger partial charge < -0.3 is 10.6 Å². The number of amidine groups is 1. The number of para-hydroxylation sites is 1. The first-order chi connectivity index (χ1) is 13.0. The van der Waals surface area contributed by atoms with Crippen LogP contribution in [0.4, 0.5) is 5.69 Å². The lowest BCUT2D eigenvalue weighted by Crippen LogP contribution is -2.28. The van der Waals surface area contributed by atoms with Gasteiger partial charge >= 0.3 is 0 Å². The van der Waals surface area contributed by atoms with Crippen molar-refractivity contribution in [2.24, 2.45) is 16.1 Å². The molecule has 2 amide bonds. The van der Waals surface area contributed by atoms with Gasteiger partial charge in [0, 0.05) is 17.8 Å². The molecule has 1 aliphatic heterocycles. The highest BCUT2D eigenvalue weighted by Crippen LogP contribution is 2.26. The van der Waals surface area contributed by atoms with Crippen LogP contribution >= 0.6 is 11.8 Å². The van der Waals surface area contributed by atoms with Crippen molar-refractivity contribution in [2.45, 2.75) is 57.6 Å². The zero-order valence-corrected chi connectivity index (χ0v) is 16.6. The molecule has 6 nitrogen and oxygen atoms in total. The quantitative estimate of drug-likeness (QED) is 0.595. The van der Waals surface area contributed by atoms with Gasteiger partial charge in [-0.2, -0.15) is 5.10 Å². The molecule has 1 heterocycles. The number of rotatable bonds is 5. The molecular formula is C20H26N4O2S. The summed E-state index contributed by atoms with van der Waals surface area (Å²) in [6.07, 6.45) is 6.24. The molecule has 1 aromatic carbocycles. The van der Waals surface area contributed by atoms with Crippen molar-refractivity contribution in [3.63, 3.8) is 0 Å². The largest absolute Gasteiger partial charge is 0.326 e. The van der Waals surface area contributed by atoms with Gasteiger partial charge in [0.05, 0.1) is 0 Å². The Kier molecular flexibility index (Phi) is 6.66. The molecule has 1 saturated carbocycles. The van der Waals surface area contributed by atoms with Crippen LogP contribution in [0.25, 0.3) is 0 Å². The number of carbonyl (C=O) groups excluding carboxylic acids is 2. The molecule has 0 bridgehead atoms. The highest BCUT2D eigenvalue weighted by Gasteiger charge is 2.32. The number of amides is 2. The van der Waals surface area contributed by atoms with E-state index in [0.29, 0.717) is 11.1 Å². The number of hydrogen-bond acceptors (Lipinski definition) is 5. The molecule has 0 aromatic heterocycles. The third-order valence-electron chi connectivity index (χ3n) is 5.06. The second-order valence-electron chi connectivity index (χ2n) is 7.14. The molecule has 0 radical (unpaired) electrons. The van der Waals surface area contributed by atoms with Crippen molar-refractivity contribution in [1.82, 2.24) is 5.32 Å². The van der Waals surface area contributed by atoms with Crippen LogP contribution in [0, 0.1) is 12.8 Å². The summed E-state index contributed by atoms with van der Waals surface area (Å²) in [7, 11) is 0. The molecule has 1 saturated heterocycles. The zero-order valence-electron chi connectivity index (χ0n) is 15.8. The van der Waals surface area contributed by atoms with Crippen LogP contribution in [0.5, 0.6) is 0 Å². The van der Waals surface area contributed by atoms with Crippen LogP contribution in [0.3, 0.4) is 0 Å². The predicted octanol–water partition coefficient (Wildman–Crippen LogP) is 3.87. The molecule has 1 atom stereocenters. The molecular weight excluding hydrogens is 360 g/mol. The lowest BCUT2D eigenvalue weighted by molar-refractivity contribution is -0.122. The zero-order chi connectivity index (χ0) is 19.2. The van der Waals surface area contributed by atoms with E-state index >= 15 is 0 Å². The minimum atomic E-state index is -0.474. The summed E-state index contributed by atoms with van der Waals surface area (Å²) in [6.45, 7) is 3.94. The van der Waals surface area contributed by atoms with Crippen molar-refractivity contribution < 1.29 is 9.59 Å². The molecule has 7 heteroatoms. The molecule has 1 aliphatic carbocycles. The average Bonchev–Trinajstić information content (AvgIpc) is 3.01. The molecule has 144 valence electrons. The molecule has 1 unspecified atom stereocenters. The van der Waals surface area contributed by atoms with Crippen molar-refractivity contribution in [1.29, 1.82) is 0 Å². The third-order valence-corrected chi connectivity index (χ3v) is 6.13. The van der Waals surface area contributed by atoms with Gasteiger partial charge in [-0.3, -0.25) is 9.59 Å². The SMILES string of the molecule is CC(=N/N=C1\NC(=O)C(CC(=O)Nc2ccccc2C)S1)C1CCCCC1.